The topological polar surface area (TPSA) is 62.1 Å². The number of fused-ring (bicyclic) bond motifs is 1. The summed E-state index contributed by atoms with van der Waals surface area (Å²) in [5, 5.41) is 11.7. The summed E-state index contributed by atoms with van der Waals surface area (Å²) in [7, 11) is 0. The normalized spacial score (nSPS) is 19.2. The van der Waals surface area contributed by atoms with Crippen molar-refractivity contribution in [2.24, 2.45) is 5.92 Å². The molecular weight excluding hydrogens is 300 g/mol. The van der Waals surface area contributed by atoms with Gasteiger partial charge in [-0.05, 0) is 57.7 Å². The van der Waals surface area contributed by atoms with Gasteiger partial charge in [-0.3, -0.25) is 10.00 Å². The van der Waals surface area contributed by atoms with Gasteiger partial charge in [0.25, 0.3) is 0 Å². The number of aromatic amines is 1. The van der Waals surface area contributed by atoms with Gasteiger partial charge in [-0.15, -0.1) is 0 Å². The van der Waals surface area contributed by atoms with Crippen molar-refractivity contribution in [3.63, 3.8) is 0 Å². The number of likely N-dealkylation sites (tertiary alicyclic amines) is 1. The van der Waals surface area contributed by atoms with Crippen molar-refractivity contribution < 1.29 is 0 Å². The average Bonchev–Trinajstić information content (AvgIpc) is 3.18. The minimum Gasteiger partial charge on any atom is -0.299 e. The molecule has 1 aliphatic heterocycles. The number of aromatic nitrogens is 5. The molecule has 3 aromatic heterocycles. The highest BCUT2D eigenvalue weighted by atomic mass is 15.3. The van der Waals surface area contributed by atoms with Crippen molar-refractivity contribution in [2.45, 2.75) is 39.7 Å². The van der Waals surface area contributed by atoms with Crippen LogP contribution >= 0.6 is 0 Å². The maximum atomic E-state index is 4.70. The third kappa shape index (κ3) is 3.06. The molecule has 4 heterocycles. The average molecular weight is 324 g/mol. The molecule has 0 amide bonds. The van der Waals surface area contributed by atoms with Gasteiger partial charge in [0.15, 0.2) is 5.65 Å². The molecule has 1 atom stereocenters. The number of rotatable bonds is 4. The van der Waals surface area contributed by atoms with Gasteiger partial charge >= 0.3 is 0 Å². The highest BCUT2D eigenvalue weighted by molar-refractivity contribution is 5.47. The van der Waals surface area contributed by atoms with Crippen molar-refractivity contribution in [2.75, 3.05) is 13.1 Å². The van der Waals surface area contributed by atoms with E-state index in [9.17, 15) is 0 Å². The first kappa shape index (κ1) is 15.3. The molecule has 0 bridgehead atoms. The summed E-state index contributed by atoms with van der Waals surface area (Å²) in [5.74, 6) is 0.692. The zero-order valence-electron chi connectivity index (χ0n) is 14.4. The second-order valence-corrected chi connectivity index (χ2v) is 6.97. The van der Waals surface area contributed by atoms with Crippen LogP contribution in [0.15, 0.2) is 24.5 Å². The lowest BCUT2D eigenvalue weighted by atomic mass is 9.93. The van der Waals surface area contributed by atoms with Crippen LogP contribution in [0.4, 0.5) is 0 Å². The van der Waals surface area contributed by atoms with Crippen LogP contribution in [0.5, 0.6) is 0 Å². The van der Waals surface area contributed by atoms with Crippen LogP contribution in [-0.4, -0.2) is 42.8 Å². The monoisotopic (exact) mass is 324 g/mol. The minimum atomic E-state index is 0.692. The summed E-state index contributed by atoms with van der Waals surface area (Å²) in [6.45, 7) is 7.34. The standard InChI is InChI=1S/C18H24N6/c1-13-8-14(2)24-18(21-13)16(10-20-24)12-23-7-3-4-15(11-23)9-17-5-6-19-22-17/h5-6,8,10,15H,3-4,7,9,11-12H2,1-2H3,(H,19,22)/t15-/m0/s1. The van der Waals surface area contributed by atoms with E-state index in [1.165, 1.54) is 24.1 Å². The van der Waals surface area contributed by atoms with Gasteiger partial charge in [-0.2, -0.15) is 10.2 Å². The first-order chi connectivity index (χ1) is 11.7. The zero-order chi connectivity index (χ0) is 16.5. The summed E-state index contributed by atoms with van der Waals surface area (Å²) < 4.78 is 1.95. The molecular formula is C18H24N6. The predicted octanol–water partition coefficient (Wildman–Crippen LogP) is 2.52. The fraction of sp³-hybridized carbons (Fsp3) is 0.500. The van der Waals surface area contributed by atoms with Gasteiger partial charge in [-0.25, -0.2) is 9.50 Å². The maximum absolute atomic E-state index is 4.70. The molecule has 1 saturated heterocycles. The Bertz CT molecular complexity index is 820. The molecule has 0 radical (unpaired) electrons. The first-order valence-electron chi connectivity index (χ1n) is 8.70. The van der Waals surface area contributed by atoms with E-state index in [1.54, 1.807) is 0 Å². The molecule has 1 N–H and O–H groups in total. The molecule has 3 aromatic rings. The number of hydrogen-bond acceptors (Lipinski definition) is 4. The van der Waals surface area contributed by atoms with E-state index in [0.717, 1.165) is 43.1 Å². The van der Waals surface area contributed by atoms with Crippen LogP contribution in [-0.2, 0) is 13.0 Å². The summed E-state index contributed by atoms with van der Waals surface area (Å²) in [6.07, 6.45) is 7.45. The number of hydrogen-bond donors (Lipinski definition) is 1. The fourth-order valence-electron chi connectivity index (χ4n) is 3.84. The Hall–Kier alpha value is -2.21. The van der Waals surface area contributed by atoms with E-state index < -0.39 is 0 Å². The molecule has 4 rings (SSSR count). The number of H-pyrrole nitrogens is 1. The summed E-state index contributed by atoms with van der Waals surface area (Å²) in [5.41, 5.74) is 5.66. The molecule has 1 fully saturated rings. The third-order valence-electron chi connectivity index (χ3n) is 4.92. The van der Waals surface area contributed by atoms with Gasteiger partial charge in [0.1, 0.15) is 0 Å². The second kappa shape index (κ2) is 6.36. The van der Waals surface area contributed by atoms with Crippen LogP contribution in [0.25, 0.3) is 5.65 Å². The Balaban J connectivity index is 1.49. The van der Waals surface area contributed by atoms with Crippen LogP contribution in [0.3, 0.4) is 0 Å². The molecule has 1 aliphatic rings. The molecule has 126 valence electrons. The van der Waals surface area contributed by atoms with Crippen LogP contribution < -0.4 is 0 Å². The molecule has 6 nitrogen and oxygen atoms in total. The van der Waals surface area contributed by atoms with E-state index in [1.807, 2.05) is 23.8 Å². The molecule has 0 spiro atoms. The fourth-order valence-corrected chi connectivity index (χ4v) is 3.84. The number of nitrogens with one attached hydrogen (secondary N) is 1. The third-order valence-corrected chi connectivity index (χ3v) is 4.92. The van der Waals surface area contributed by atoms with Gasteiger partial charge in [-0.1, -0.05) is 0 Å². The van der Waals surface area contributed by atoms with Gasteiger partial charge < -0.3 is 0 Å². The van der Waals surface area contributed by atoms with E-state index in [4.69, 9.17) is 4.98 Å². The first-order valence-corrected chi connectivity index (χ1v) is 8.70. The minimum absolute atomic E-state index is 0.692. The molecule has 24 heavy (non-hydrogen) atoms. The van der Waals surface area contributed by atoms with Crippen molar-refractivity contribution in [3.05, 3.63) is 47.2 Å². The molecule has 0 unspecified atom stereocenters. The quantitative estimate of drug-likeness (QED) is 0.801. The number of nitrogens with zero attached hydrogens (tertiary/aromatic N) is 5. The smallest absolute Gasteiger partial charge is 0.159 e. The Labute approximate surface area is 141 Å². The van der Waals surface area contributed by atoms with Crippen LogP contribution in [0, 0.1) is 19.8 Å². The highest BCUT2D eigenvalue weighted by Crippen LogP contribution is 2.22. The predicted molar refractivity (Wildman–Crippen MR) is 92.8 cm³/mol. The van der Waals surface area contributed by atoms with E-state index in [2.05, 4.69) is 39.3 Å². The summed E-state index contributed by atoms with van der Waals surface area (Å²) in [6, 6.07) is 4.16. The Morgan fingerprint density at radius 2 is 2.25 bits per heavy atom. The lowest BCUT2D eigenvalue weighted by molar-refractivity contribution is 0.167. The Morgan fingerprint density at radius 1 is 1.33 bits per heavy atom. The van der Waals surface area contributed by atoms with E-state index in [0.29, 0.717) is 5.92 Å². The largest absolute Gasteiger partial charge is 0.299 e. The van der Waals surface area contributed by atoms with E-state index >= 15 is 0 Å². The van der Waals surface area contributed by atoms with Gasteiger partial charge in [0.05, 0.1) is 6.20 Å². The van der Waals surface area contributed by atoms with E-state index in [-0.39, 0.29) is 0 Å². The van der Waals surface area contributed by atoms with Crippen molar-refractivity contribution >= 4 is 5.65 Å². The lowest BCUT2D eigenvalue weighted by Crippen LogP contribution is -2.35. The molecule has 0 aromatic carbocycles. The summed E-state index contributed by atoms with van der Waals surface area (Å²) >= 11 is 0. The highest BCUT2D eigenvalue weighted by Gasteiger charge is 2.22. The van der Waals surface area contributed by atoms with Gasteiger partial charge in [0, 0.05) is 41.9 Å². The Kier molecular flexibility index (Phi) is 4.06. The lowest BCUT2D eigenvalue weighted by Gasteiger charge is -2.32. The number of piperidine rings is 1. The molecule has 0 saturated carbocycles. The van der Waals surface area contributed by atoms with Gasteiger partial charge in [0.2, 0.25) is 0 Å². The molecule has 6 heteroatoms. The second-order valence-electron chi connectivity index (χ2n) is 6.97. The van der Waals surface area contributed by atoms with Crippen LogP contribution in [0.2, 0.25) is 0 Å². The van der Waals surface area contributed by atoms with Crippen molar-refractivity contribution in [3.8, 4) is 0 Å². The molecule has 0 aliphatic carbocycles. The van der Waals surface area contributed by atoms with Crippen molar-refractivity contribution in [1.82, 2.24) is 29.7 Å². The zero-order valence-corrected chi connectivity index (χ0v) is 14.4. The maximum Gasteiger partial charge on any atom is 0.159 e. The summed E-state index contributed by atoms with van der Waals surface area (Å²) in [4.78, 5) is 7.24. The number of aryl methyl sites for hydroxylation is 2. The van der Waals surface area contributed by atoms with Crippen molar-refractivity contribution in [1.29, 1.82) is 0 Å². The SMILES string of the molecule is Cc1cc(C)n2ncc(CN3CCC[C@@H](Cc4ccn[nH]4)C3)c2n1. The Morgan fingerprint density at radius 3 is 3.08 bits per heavy atom. The van der Waals surface area contributed by atoms with Crippen LogP contribution in [0.1, 0.15) is 35.5 Å².